The van der Waals surface area contributed by atoms with Crippen molar-refractivity contribution < 1.29 is 9.53 Å². The van der Waals surface area contributed by atoms with E-state index < -0.39 is 0 Å². The summed E-state index contributed by atoms with van der Waals surface area (Å²) in [4.78, 5) is 10.9. The number of carbonyl (C=O) groups excluding carboxylic acids is 1. The van der Waals surface area contributed by atoms with Gasteiger partial charge in [-0.3, -0.25) is 4.79 Å². The second-order valence-corrected chi connectivity index (χ2v) is 6.04. The minimum absolute atomic E-state index is 0.0680. The number of rotatable bonds is 13. The molecule has 0 heterocycles. The Labute approximate surface area is 125 Å². The maximum absolute atomic E-state index is 10.9. The van der Waals surface area contributed by atoms with Gasteiger partial charge in [0.1, 0.15) is 0 Å². The summed E-state index contributed by atoms with van der Waals surface area (Å²) < 4.78 is 4.63. The first-order valence-corrected chi connectivity index (χ1v) is 8.54. The lowest BCUT2D eigenvalue weighted by atomic mass is 10.1. The summed E-state index contributed by atoms with van der Waals surface area (Å²) in [7, 11) is 1.46. The summed E-state index contributed by atoms with van der Waals surface area (Å²) >= 11 is 0. The van der Waals surface area contributed by atoms with Gasteiger partial charge in [-0.15, -0.1) is 0 Å². The number of ether oxygens (including phenoxy) is 1. The first-order chi connectivity index (χ1) is 9.77. The minimum Gasteiger partial charge on any atom is -0.469 e. The van der Waals surface area contributed by atoms with Crippen molar-refractivity contribution in [2.24, 2.45) is 0 Å². The van der Waals surface area contributed by atoms with Crippen molar-refractivity contribution in [1.82, 2.24) is 0 Å². The Bertz CT molecular complexity index is 305. The van der Waals surface area contributed by atoms with Gasteiger partial charge in [0.05, 0.1) is 7.11 Å². The Morgan fingerprint density at radius 3 is 2.05 bits per heavy atom. The molecule has 0 fully saturated rings. The van der Waals surface area contributed by atoms with Crippen LogP contribution in [-0.4, -0.2) is 13.1 Å². The van der Waals surface area contributed by atoms with Crippen molar-refractivity contribution in [2.75, 3.05) is 7.11 Å². The lowest BCUT2D eigenvalue weighted by molar-refractivity contribution is -0.140. The van der Waals surface area contributed by atoms with Gasteiger partial charge in [-0.2, -0.15) is 0 Å². The Hall–Kier alpha value is -0.790. The molecule has 116 valence electrons. The van der Waals surface area contributed by atoms with Crippen LogP contribution in [0.5, 0.6) is 0 Å². The normalized spacial score (nSPS) is 13.7. The lowest BCUT2D eigenvalue weighted by Crippen LogP contribution is -1.99. The van der Waals surface area contributed by atoms with E-state index in [2.05, 4.69) is 11.7 Å². The summed E-state index contributed by atoms with van der Waals surface area (Å²) in [6, 6.07) is 0. The monoisotopic (exact) mass is 280 g/mol. The lowest BCUT2D eigenvalue weighted by Gasteiger charge is -2.01. The summed E-state index contributed by atoms with van der Waals surface area (Å²) in [5.74, 6) is -0.0680. The van der Waals surface area contributed by atoms with Gasteiger partial charge in [0.15, 0.2) is 0 Å². The third-order valence-electron chi connectivity index (χ3n) is 4.22. The fraction of sp³-hybridized carbons (Fsp3) is 0.833. The second-order valence-electron chi connectivity index (χ2n) is 6.04. The molecular weight excluding hydrogens is 248 g/mol. The molecule has 0 saturated carbocycles. The molecule has 0 saturated heterocycles. The zero-order valence-electron chi connectivity index (χ0n) is 13.5. The maximum Gasteiger partial charge on any atom is 0.305 e. The Kier molecular flexibility index (Phi) is 9.44. The molecule has 20 heavy (non-hydrogen) atoms. The molecule has 0 radical (unpaired) electrons. The minimum atomic E-state index is -0.0680. The first kappa shape index (κ1) is 17.3. The van der Waals surface area contributed by atoms with Crippen LogP contribution in [0, 0.1) is 0 Å². The van der Waals surface area contributed by atoms with Crippen molar-refractivity contribution in [3.63, 3.8) is 0 Å². The van der Waals surface area contributed by atoms with E-state index in [9.17, 15) is 4.79 Å². The highest BCUT2D eigenvalue weighted by molar-refractivity contribution is 5.68. The maximum atomic E-state index is 10.9. The zero-order chi connectivity index (χ0) is 14.6. The van der Waals surface area contributed by atoms with E-state index in [0.29, 0.717) is 6.42 Å². The van der Waals surface area contributed by atoms with Gasteiger partial charge in [0, 0.05) is 6.42 Å². The zero-order valence-corrected chi connectivity index (χ0v) is 13.5. The number of hydrogen-bond acceptors (Lipinski definition) is 2. The quantitative estimate of drug-likeness (QED) is 0.251. The van der Waals surface area contributed by atoms with E-state index in [1.165, 1.54) is 77.7 Å². The van der Waals surface area contributed by atoms with Crippen molar-refractivity contribution in [2.45, 2.75) is 90.4 Å². The smallest absolute Gasteiger partial charge is 0.305 e. The van der Waals surface area contributed by atoms with Gasteiger partial charge < -0.3 is 4.74 Å². The summed E-state index contributed by atoms with van der Waals surface area (Å²) in [5, 5.41) is 0. The van der Waals surface area contributed by atoms with Gasteiger partial charge >= 0.3 is 5.97 Å². The topological polar surface area (TPSA) is 26.3 Å². The average molecular weight is 280 g/mol. The third-order valence-corrected chi connectivity index (χ3v) is 4.22. The third kappa shape index (κ3) is 8.39. The molecule has 0 aliphatic heterocycles. The van der Waals surface area contributed by atoms with Gasteiger partial charge in [-0.1, -0.05) is 56.6 Å². The van der Waals surface area contributed by atoms with E-state index >= 15 is 0 Å². The molecule has 2 heteroatoms. The molecule has 0 amide bonds. The SMILES string of the molecule is CCCCC1=C(CCCCCCCCCC(=O)OC)C1. The van der Waals surface area contributed by atoms with Crippen LogP contribution in [0.15, 0.2) is 11.1 Å². The molecule has 1 aliphatic carbocycles. The fourth-order valence-electron chi connectivity index (χ4n) is 2.73. The fourth-order valence-corrected chi connectivity index (χ4v) is 2.73. The summed E-state index contributed by atoms with van der Waals surface area (Å²) in [5.41, 5.74) is 3.55. The highest BCUT2D eigenvalue weighted by Crippen LogP contribution is 2.38. The van der Waals surface area contributed by atoms with Gasteiger partial charge in [0.25, 0.3) is 0 Å². The number of unbranched alkanes of at least 4 members (excludes halogenated alkanes) is 7. The first-order valence-electron chi connectivity index (χ1n) is 8.54. The van der Waals surface area contributed by atoms with Gasteiger partial charge in [-0.25, -0.2) is 0 Å². The van der Waals surface area contributed by atoms with Gasteiger partial charge in [-0.05, 0) is 38.5 Å². The van der Waals surface area contributed by atoms with E-state index in [1.807, 2.05) is 0 Å². The number of methoxy groups -OCH3 is 1. The number of hydrogen-bond donors (Lipinski definition) is 0. The molecule has 1 aliphatic rings. The molecule has 0 N–H and O–H groups in total. The predicted molar refractivity (Wildman–Crippen MR) is 84.7 cm³/mol. The van der Waals surface area contributed by atoms with Crippen molar-refractivity contribution in [3.8, 4) is 0 Å². The highest BCUT2D eigenvalue weighted by atomic mass is 16.5. The number of carbonyl (C=O) groups is 1. The molecule has 0 bridgehead atoms. The van der Waals surface area contributed by atoms with E-state index in [-0.39, 0.29) is 5.97 Å². The standard InChI is InChI=1S/C18H32O2/c1-3-4-12-16-15-17(16)13-10-8-6-5-7-9-11-14-18(19)20-2/h3-15H2,1-2H3. The molecule has 1 rings (SSSR count). The van der Waals surface area contributed by atoms with Gasteiger partial charge in [0.2, 0.25) is 0 Å². The highest BCUT2D eigenvalue weighted by Gasteiger charge is 2.18. The van der Waals surface area contributed by atoms with Crippen molar-refractivity contribution in [1.29, 1.82) is 0 Å². The predicted octanol–water partition coefficient (Wildman–Crippen LogP) is 5.56. The molecule has 0 aromatic carbocycles. The number of esters is 1. The van der Waals surface area contributed by atoms with Crippen LogP contribution < -0.4 is 0 Å². The number of allylic oxidation sites excluding steroid dienone is 2. The van der Waals surface area contributed by atoms with Crippen LogP contribution in [0.3, 0.4) is 0 Å². The molecular formula is C18H32O2. The molecule has 0 atom stereocenters. The van der Waals surface area contributed by atoms with Crippen molar-refractivity contribution in [3.05, 3.63) is 11.1 Å². The van der Waals surface area contributed by atoms with E-state index in [0.717, 1.165) is 6.42 Å². The molecule has 0 aromatic rings. The summed E-state index contributed by atoms with van der Waals surface area (Å²) in [6.45, 7) is 2.27. The Morgan fingerprint density at radius 1 is 0.900 bits per heavy atom. The van der Waals surface area contributed by atoms with E-state index in [1.54, 1.807) is 11.1 Å². The van der Waals surface area contributed by atoms with Crippen LogP contribution in [-0.2, 0) is 9.53 Å². The largest absolute Gasteiger partial charge is 0.469 e. The summed E-state index contributed by atoms with van der Waals surface area (Å²) in [6.07, 6.45) is 16.2. The average Bonchev–Trinajstić information content (AvgIpc) is 3.21. The van der Waals surface area contributed by atoms with Crippen molar-refractivity contribution >= 4 is 5.97 Å². The van der Waals surface area contributed by atoms with Crippen LogP contribution in [0.4, 0.5) is 0 Å². The Morgan fingerprint density at radius 2 is 1.45 bits per heavy atom. The van der Waals surface area contributed by atoms with Crippen LogP contribution in [0.2, 0.25) is 0 Å². The molecule has 0 aromatic heterocycles. The molecule has 0 unspecified atom stereocenters. The van der Waals surface area contributed by atoms with Crippen LogP contribution in [0.25, 0.3) is 0 Å². The molecule has 2 nitrogen and oxygen atoms in total. The molecule has 0 spiro atoms. The van der Waals surface area contributed by atoms with Crippen LogP contribution in [0.1, 0.15) is 90.4 Å². The second kappa shape index (κ2) is 10.9. The van der Waals surface area contributed by atoms with E-state index in [4.69, 9.17) is 0 Å². The van der Waals surface area contributed by atoms with Crippen LogP contribution >= 0.6 is 0 Å². The Balaban J connectivity index is 1.80.